The lowest BCUT2D eigenvalue weighted by molar-refractivity contribution is -0.161. The molecule has 110 heavy (non-hydrogen) atoms. The van der Waals surface area contributed by atoms with Crippen LogP contribution < -0.4 is 0 Å². The standard InChI is InChI=1S/C91H178O17P2/c1-8-9-10-11-12-13-14-27-37-44-51-58-65-72-88(93)101-78-86(107-91(96)75-68-61-54-47-40-33-26-20-23-30-36-43-50-57-64-71-84(6)7)80-105-109(97,98)103-76-85(92)77-104-110(99,100)106-81-87(79-102-89(94)73-66-59-52-45-38-31-25-19-22-29-35-42-49-56-63-70-83(4)5)108-90(95)74-67-60-53-46-39-32-24-18-16-15-17-21-28-34-41-48-55-62-69-82(2)3/h82-87,92H,8-81H2,1-7H3,(H,97,98)(H,99,100)/t85-,86+,87+/m0/s1. The van der Waals surface area contributed by atoms with Crippen molar-refractivity contribution in [1.29, 1.82) is 0 Å². The van der Waals surface area contributed by atoms with E-state index in [0.29, 0.717) is 25.7 Å². The highest BCUT2D eigenvalue weighted by Crippen LogP contribution is 2.45. The second kappa shape index (κ2) is 80.8. The fourth-order valence-corrected chi connectivity index (χ4v) is 15.8. The molecule has 0 saturated heterocycles. The van der Waals surface area contributed by atoms with E-state index in [1.54, 1.807) is 0 Å². The number of aliphatic hydroxyl groups excluding tert-OH is 1. The van der Waals surface area contributed by atoms with E-state index in [0.717, 1.165) is 108 Å². The van der Waals surface area contributed by atoms with E-state index >= 15 is 0 Å². The first-order valence-corrected chi connectivity index (χ1v) is 49.8. The summed E-state index contributed by atoms with van der Waals surface area (Å²) in [6.45, 7) is 12.1. The van der Waals surface area contributed by atoms with Crippen LogP contribution in [0.2, 0.25) is 0 Å². The molecule has 0 aliphatic heterocycles. The molecule has 654 valence electrons. The highest BCUT2D eigenvalue weighted by atomic mass is 31.2. The summed E-state index contributed by atoms with van der Waals surface area (Å²) in [5.41, 5.74) is 0. The highest BCUT2D eigenvalue weighted by molar-refractivity contribution is 7.47. The van der Waals surface area contributed by atoms with Gasteiger partial charge in [0.2, 0.25) is 0 Å². The Balaban J connectivity index is 5.26. The Kier molecular flexibility index (Phi) is 79.4. The fraction of sp³-hybridized carbons (Fsp3) is 0.956. The minimum atomic E-state index is -4.97. The van der Waals surface area contributed by atoms with Gasteiger partial charge in [0.1, 0.15) is 19.3 Å². The maximum atomic E-state index is 13.2. The van der Waals surface area contributed by atoms with Crippen molar-refractivity contribution in [2.24, 2.45) is 17.8 Å². The predicted octanol–water partition coefficient (Wildman–Crippen LogP) is 28.0. The summed E-state index contributed by atoms with van der Waals surface area (Å²) in [7, 11) is -9.94. The van der Waals surface area contributed by atoms with Gasteiger partial charge in [-0.2, -0.15) is 0 Å². The molecule has 0 rings (SSSR count). The zero-order valence-corrected chi connectivity index (χ0v) is 74.5. The summed E-state index contributed by atoms with van der Waals surface area (Å²) in [4.78, 5) is 73.5. The molecule has 0 aromatic heterocycles. The van der Waals surface area contributed by atoms with Crippen LogP contribution in [0.1, 0.15) is 485 Å². The van der Waals surface area contributed by atoms with Crippen molar-refractivity contribution in [3.63, 3.8) is 0 Å². The molecule has 17 nitrogen and oxygen atoms in total. The molecule has 0 aliphatic rings. The Bertz CT molecular complexity index is 2110. The number of unbranched alkanes of at least 4 members (excludes halogenated alkanes) is 57. The van der Waals surface area contributed by atoms with Gasteiger partial charge in [0.25, 0.3) is 0 Å². The van der Waals surface area contributed by atoms with Crippen LogP contribution in [0.25, 0.3) is 0 Å². The molecule has 3 N–H and O–H groups in total. The van der Waals surface area contributed by atoms with Crippen molar-refractivity contribution in [3.05, 3.63) is 0 Å². The molecule has 0 radical (unpaired) electrons. The lowest BCUT2D eigenvalue weighted by Gasteiger charge is -2.21. The van der Waals surface area contributed by atoms with E-state index in [9.17, 15) is 43.2 Å². The number of phosphoric ester groups is 2. The second-order valence-electron chi connectivity index (χ2n) is 34.1. The number of carbonyl (C=O) groups is 4. The summed E-state index contributed by atoms with van der Waals surface area (Å²) in [5, 5.41) is 10.7. The molecular formula is C91H178O17P2. The number of carbonyl (C=O) groups excluding carboxylic acids is 4. The maximum Gasteiger partial charge on any atom is 0.472 e. The van der Waals surface area contributed by atoms with Gasteiger partial charge in [-0.1, -0.05) is 434 Å². The Morgan fingerprint density at radius 3 is 0.618 bits per heavy atom. The molecule has 5 atom stereocenters. The number of hydrogen-bond donors (Lipinski definition) is 3. The number of rotatable bonds is 89. The van der Waals surface area contributed by atoms with E-state index in [2.05, 4.69) is 48.5 Å². The third-order valence-corrected chi connectivity index (χ3v) is 23.3. The summed E-state index contributed by atoms with van der Waals surface area (Å²) >= 11 is 0. The first-order chi connectivity index (χ1) is 53.2. The number of esters is 4. The quantitative estimate of drug-likeness (QED) is 0.0222. The zero-order valence-electron chi connectivity index (χ0n) is 72.7. The summed E-state index contributed by atoms with van der Waals surface area (Å²) < 4.78 is 69.1. The fourth-order valence-electron chi connectivity index (χ4n) is 14.3. The number of hydrogen-bond acceptors (Lipinski definition) is 15. The second-order valence-corrected chi connectivity index (χ2v) is 37.0. The number of phosphoric acid groups is 2. The van der Waals surface area contributed by atoms with Crippen LogP contribution in [-0.4, -0.2) is 96.7 Å². The summed E-state index contributed by atoms with van der Waals surface area (Å²) in [6.07, 6.45) is 73.5. The number of aliphatic hydroxyl groups is 1. The van der Waals surface area contributed by atoms with Gasteiger partial charge in [-0.3, -0.25) is 37.3 Å². The van der Waals surface area contributed by atoms with E-state index in [1.807, 2.05) is 0 Å². The minimum absolute atomic E-state index is 0.108. The topological polar surface area (TPSA) is 237 Å². The van der Waals surface area contributed by atoms with Gasteiger partial charge < -0.3 is 33.8 Å². The van der Waals surface area contributed by atoms with Crippen LogP contribution >= 0.6 is 15.6 Å². The van der Waals surface area contributed by atoms with Gasteiger partial charge >= 0.3 is 39.5 Å². The van der Waals surface area contributed by atoms with Crippen molar-refractivity contribution < 1.29 is 80.2 Å². The monoisotopic (exact) mass is 1610 g/mol. The molecule has 0 amide bonds. The third kappa shape index (κ3) is 84.0. The summed E-state index contributed by atoms with van der Waals surface area (Å²) in [6, 6.07) is 0. The lowest BCUT2D eigenvalue weighted by Crippen LogP contribution is -2.30. The predicted molar refractivity (Wildman–Crippen MR) is 455 cm³/mol. The van der Waals surface area contributed by atoms with Crippen LogP contribution in [0.15, 0.2) is 0 Å². The molecule has 0 saturated carbocycles. The molecule has 0 aromatic carbocycles. The molecule has 0 heterocycles. The largest absolute Gasteiger partial charge is 0.472 e. The van der Waals surface area contributed by atoms with Crippen molar-refractivity contribution in [1.82, 2.24) is 0 Å². The van der Waals surface area contributed by atoms with Crippen molar-refractivity contribution >= 4 is 39.5 Å². The minimum Gasteiger partial charge on any atom is -0.462 e. The first-order valence-electron chi connectivity index (χ1n) is 46.8. The normalized spacial score (nSPS) is 13.8. The van der Waals surface area contributed by atoms with Gasteiger partial charge in [0.05, 0.1) is 26.4 Å². The smallest absolute Gasteiger partial charge is 0.462 e. The summed E-state index contributed by atoms with van der Waals surface area (Å²) in [5.74, 6) is 0.334. The molecule has 0 spiro atoms. The maximum absolute atomic E-state index is 13.2. The lowest BCUT2D eigenvalue weighted by atomic mass is 10.0. The van der Waals surface area contributed by atoms with Crippen LogP contribution in [0, 0.1) is 17.8 Å². The third-order valence-electron chi connectivity index (χ3n) is 21.4. The van der Waals surface area contributed by atoms with Crippen LogP contribution in [0.3, 0.4) is 0 Å². The van der Waals surface area contributed by atoms with E-state index in [-0.39, 0.29) is 25.7 Å². The molecule has 2 unspecified atom stereocenters. The van der Waals surface area contributed by atoms with Gasteiger partial charge in [-0.15, -0.1) is 0 Å². The Morgan fingerprint density at radius 2 is 0.418 bits per heavy atom. The van der Waals surface area contributed by atoms with E-state index < -0.39 is 97.5 Å². The SMILES string of the molecule is CCCCCCCCCCCCCCCC(=O)OC[C@H](COP(=O)(O)OC[C@H](O)COP(=O)(O)OC[C@@H](COC(=O)CCCCCCCCCCCCCCCCCC(C)C)OC(=O)CCCCCCCCCCCCCCCCCCCCC(C)C)OC(=O)CCCCCCCCCCCCCCCCCC(C)C. The van der Waals surface area contributed by atoms with Crippen molar-refractivity contribution in [2.75, 3.05) is 39.6 Å². The van der Waals surface area contributed by atoms with Crippen LogP contribution in [0.4, 0.5) is 0 Å². The molecule has 0 bridgehead atoms. The molecule has 0 aliphatic carbocycles. The average Bonchev–Trinajstić information content (AvgIpc) is 0.903. The van der Waals surface area contributed by atoms with Crippen LogP contribution in [-0.2, 0) is 65.4 Å². The molecule has 0 aromatic rings. The van der Waals surface area contributed by atoms with Crippen molar-refractivity contribution in [2.45, 2.75) is 503 Å². The number of ether oxygens (including phenoxy) is 4. The van der Waals surface area contributed by atoms with E-state index in [4.69, 9.17) is 37.0 Å². The van der Waals surface area contributed by atoms with Crippen molar-refractivity contribution in [3.8, 4) is 0 Å². The first kappa shape index (κ1) is 108. The Morgan fingerprint density at radius 1 is 0.245 bits per heavy atom. The molecular weight excluding hydrogens is 1430 g/mol. The van der Waals surface area contributed by atoms with Gasteiger partial charge in [0.15, 0.2) is 12.2 Å². The van der Waals surface area contributed by atoms with Gasteiger partial charge in [0, 0.05) is 25.7 Å². The van der Waals surface area contributed by atoms with Gasteiger partial charge in [-0.25, -0.2) is 9.13 Å². The van der Waals surface area contributed by atoms with Gasteiger partial charge in [-0.05, 0) is 43.4 Å². The van der Waals surface area contributed by atoms with Crippen LogP contribution in [0.5, 0.6) is 0 Å². The Labute approximate surface area is 677 Å². The average molecular weight is 1610 g/mol. The van der Waals surface area contributed by atoms with E-state index in [1.165, 1.54) is 295 Å². The molecule has 0 fully saturated rings. The highest BCUT2D eigenvalue weighted by Gasteiger charge is 2.31. The Hall–Kier alpha value is -1.94. The molecule has 19 heteroatoms. The zero-order chi connectivity index (χ0) is 80.8.